The fourth-order valence-corrected chi connectivity index (χ4v) is 4.17. The van der Waals surface area contributed by atoms with Gasteiger partial charge in [-0.1, -0.05) is 18.2 Å². The molecule has 162 valence electrons. The highest BCUT2D eigenvalue weighted by Gasteiger charge is 2.32. The maximum absolute atomic E-state index is 13.8. The van der Waals surface area contributed by atoms with Crippen molar-refractivity contribution in [3.8, 4) is 0 Å². The molecule has 0 radical (unpaired) electrons. The number of thiophene rings is 1. The summed E-state index contributed by atoms with van der Waals surface area (Å²) >= 11 is 0.590. The number of benzene rings is 1. The van der Waals surface area contributed by atoms with E-state index in [1.807, 2.05) is 17.0 Å². The van der Waals surface area contributed by atoms with Crippen LogP contribution in [0.3, 0.4) is 0 Å². The van der Waals surface area contributed by atoms with Crippen molar-refractivity contribution in [1.29, 1.82) is 0 Å². The summed E-state index contributed by atoms with van der Waals surface area (Å²) in [7, 11) is 0. The first-order valence-corrected chi connectivity index (χ1v) is 10.3. The molecule has 10 heteroatoms. The number of halogens is 4. The quantitative estimate of drug-likeness (QED) is 0.549. The van der Waals surface area contributed by atoms with E-state index in [9.17, 15) is 22.4 Å². The van der Waals surface area contributed by atoms with Crippen LogP contribution in [0.5, 0.6) is 0 Å². The second kappa shape index (κ2) is 8.26. The third kappa shape index (κ3) is 4.68. The molecule has 0 fully saturated rings. The largest absolute Gasteiger partial charge is 0.425 e. The van der Waals surface area contributed by atoms with Gasteiger partial charge in [-0.25, -0.2) is 14.2 Å². The van der Waals surface area contributed by atoms with Gasteiger partial charge in [-0.3, -0.25) is 4.57 Å². The average molecular weight is 450 g/mol. The van der Waals surface area contributed by atoms with Crippen LogP contribution >= 0.6 is 11.3 Å². The molecule has 3 heterocycles. The average Bonchev–Trinajstić information content (AvgIpc) is 3.21. The second-order valence-electron chi connectivity index (χ2n) is 7.22. The van der Waals surface area contributed by atoms with Crippen LogP contribution in [0.25, 0.3) is 5.57 Å². The fourth-order valence-electron chi connectivity index (χ4n) is 3.30. The predicted octanol–water partition coefficient (Wildman–Crippen LogP) is 4.51. The van der Waals surface area contributed by atoms with E-state index in [0.29, 0.717) is 41.3 Å². The zero-order chi connectivity index (χ0) is 22.2. The number of alkyl halides is 3. The molecule has 0 unspecified atom stereocenters. The van der Waals surface area contributed by atoms with Crippen molar-refractivity contribution >= 4 is 22.9 Å². The van der Waals surface area contributed by atoms with Gasteiger partial charge in [-0.2, -0.15) is 18.2 Å². The SMILES string of the molecule is Cc1ccc(C2=CCN(c3ncn(Cc4ccc(C(F)(F)F)s4)c(=O)n3)CC2)cc1F. The molecule has 1 aliphatic heterocycles. The van der Waals surface area contributed by atoms with Crippen LogP contribution < -0.4 is 10.6 Å². The van der Waals surface area contributed by atoms with Crippen LogP contribution in [0.4, 0.5) is 23.5 Å². The molecule has 0 amide bonds. The first kappa shape index (κ1) is 21.2. The van der Waals surface area contributed by atoms with E-state index in [1.54, 1.807) is 13.0 Å². The Morgan fingerprint density at radius 2 is 2.00 bits per heavy atom. The monoisotopic (exact) mass is 450 g/mol. The van der Waals surface area contributed by atoms with E-state index in [-0.39, 0.29) is 18.3 Å². The topological polar surface area (TPSA) is 51.0 Å². The van der Waals surface area contributed by atoms with E-state index in [4.69, 9.17) is 0 Å². The lowest BCUT2D eigenvalue weighted by Crippen LogP contribution is -2.33. The Bertz CT molecular complexity index is 1200. The van der Waals surface area contributed by atoms with Crippen LogP contribution in [0, 0.1) is 12.7 Å². The summed E-state index contributed by atoms with van der Waals surface area (Å²) in [4.78, 5) is 22.1. The molecule has 31 heavy (non-hydrogen) atoms. The molecule has 1 aromatic carbocycles. The Labute approximate surface area is 179 Å². The van der Waals surface area contributed by atoms with Gasteiger partial charge in [0.15, 0.2) is 0 Å². The third-order valence-electron chi connectivity index (χ3n) is 5.06. The number of rotatable bonds is 4. The molecule has 2 aromatic heterocycles. The number of anilines is 1. The van der Waals surface area contributed by atoms with Gasteiger partial charge in [-0.15, -0.1) is 11.3 Å². The normalized spacial score (nSPS) is 14.6. The summed E-state index contributed by atoms with van der Waals surface area (Å²) in [5.41, 5.74) is 1.85. The van der Waals surface area contributed by atoms with Crippen molar-refractivity contribution in [1.82, 2.24) is 14.5 Å². The maximum Gasteiger partial charge on any atom is 0.425 e. The van der Waals surface area contributed by atoms with Crippen LogP contribution in [0.2, 0.25) is 0 Å². The zero-order valence-corrected chi connectivity index (χ0v) is 17.3. The highest BCUT2D eigenvalue weighted by molar-refractivity contribution is 7.12. The standard InChI is InChI=1S/C21H18F4N4OS/c1-13-2-3-15(10-17(13)22)14-6-8-28(9-7-14)19-26-12-29(20(30)27-19)11-16-4-5-18(31-16)21(23,24)25/h2-6,10,12H,7-9,11H2,1H3. The number of aromatic nitrogens is 3. The predicted molar refractivity (Wildman–Crippen MR) is 111 cm³/mol. The summed E-state index contributed by atoms with van der Waals surface area (Å²) in [5, 5.41) is 0. The molecule has 0 atom stereocenters. The third-order valence-corrected chi connectivity index (χ3v) is 6.17. The summed E-state index contributed by atoms with van der Waals surface area (Å²) in [6, 6.07) is 7.48. The Kier molecular flexibility index (Phi) is 5.65. The minimum Gasteiger partial charge on any atom is -0.337 e. The van der Waals surface area contributed by atoms with Crippen molar-refractivity contribution in [2.24, 2.45) is 0 Å². The van der Waals surface area contributed by atoms with Gasteiger partial charge in [0, 0.05) is 18.0 Å². The molecule has 0 bridgehead atoms. The molecule has 0 saturated heterocycles. The van der Waals surface area contributed by atoms with E-state index in [0.717, 1.165) is 17.2 Å². The molecule has 1 aliphatic rings. The minimum atomic E-state index is -4.40. The smallest absolute Gasteiger partial charge is 0.337 e. The van der Waals surface area contributed by atoms with E-state index >= 15 is 0 Å². The number of hydrogen-bond donors (Lipinski definition) is 0. The first-order valence-electron chi connectivity index (χ1n) is 9.50. The number of nitrogens with zero attached hydrogens (tertiary/aromatic N) is 4. The fraction of sp³-hybridized carbons (Fsp3) is 0.286. The van der Waals surface area contributed by atoms with Crippen LogP contribution in [-0.2, 0) is 12.7 Å². The molecular formula is C21H18F4N4OS. The van der Waals surface area contributed by atoms with E-state index < -0.39 is 16.7 Å². The molecule has 0 aliphatic carbocycles. The maximum atomic E-state index is 13.8. The first-order chi connectivity index (χ1) is 14.7. The summed E-state index contributed by atoms with van der Waals surface area (Å²) in [6.45, 7) is 2.71. The van der Waals surface area contributed by atoms with Gasteiger partial charge in [-0.05, 0) is 48.2 Å². The summed E-state index contributed by atoms with van der Waals surface area (Å²) < 4.78 is 53.2. The number of aryl methyl sites for hydroxylation is 1. The van der Waals surface area contributed by atoms with Gasteiger partial charge < -0.3 is 4.90 Å². The molecule has 3 aromatic rings. The van der Waals surface area contributed by atoms with Crippen molar-refractivity contribution in [3.05, 3.63) is 79.9 Å². The van der Waals surface area contributed by atoms with Gasteiger partial charge in [0.2, 0.25) is 5.95 Å². The van der Waals surface area contributed by atoms with Crippen LogP contribution in [0.15, 0.2) is 47.5 Å². The van der Waals surface area contributed by atoms with Crippen molar-refractivity contribution in [2.75, 3.05) is 18.0 Å². The van der Waals surface area contributed by atoms with Gasteiger partial charge in [0.25, 0.3) is 0 Å². The lowest BCUT2D eigenvalue weighted by molar-refractivity contribution is -0.134. The lowest BCUT2D eigenvalue weighted by atomic mass is 9.98. The second-order valence-corrected chi connectivity index (χ2v) is 8.39. The van der Waals surface area contributed by atoms with Crippen molar-refractivity contribution in [3.63, 3.8) is 0 Å². The van der Waals surface area contributed by atoms with Crippen molar-refractivity contribution in [2.45, 2.75) is 26.1 Å². The summed E-state index contributed by atoms with van der Waals surface area (Å²) in [5.74, 6) is 0.00895. The Balaban J connectivity index is 1.46. The van der Waals surface area contributed by atoms with Crippen molar-refractivity contribution < 1.29 is 17.6 Å². The Hall–Kier alpha value is -3.01. The molecular weight excluding hydrogens is 432 g/mol. The number of hydrogen-bond acceptors (Lipinski definition) is 5. The molecule has 0 saturated carbocycles. The summed E-state index contributed by atoms with van der Waals surface area (Å²) in [6.07, 6.45) is -0.511. The van der Waals surface area contributed by atoms with Crippen LogP contribution in [-0.4, -0.2) is 27.6 Å². The lowest BCUT2D eigenvalue weighted by Gasteiger charge is -2.26. The Morgan fingerprint density at radius 3 is 2.61 bits per heavy atom. The zero-order valence-electron chi connectivity index (χ0n) is 16.5. The van der Waals surface area contributed by atoms with E-state index in [1.165, 1.54) is 23.0 Å². The van der Waals surface area contributed by atoms with Gasteiger partial charge in [0.05, 0.1) is 6.54 Å². The minimum absolute atomic E-state index is 0.0249. The molecule has 0 N–H and O–H groups in total. The highest BCUT2D eigenvalue weighted by Crippen LogP contribution is 2.34. The Morgan fingerprint density at radius 1 is 1.19 bits per heavy atom. The molecule has 4 rings (SSSR count). The van der Waals surface area contributed by atoms with E-state index in [2.05, 4.69) is 9.97 Å². The van der Waals surface area contributed by atoms with Crippen LogP contribution in [0.1, 0.15) is 27.3 Å². The molecule has 0 spiro atoms. The highest BCUT2D eigenvalue weighted by atomic mass is 32.1. The van der Waals surface area contributed by atoms with Gasteiger partial charge in [0.1, 0.15) is 17.0 Å². The van der Waals surface area contributed by atoms with Gasteiger partial charge >= 0.3 is 11.9 Å². The molecule has 5 nitrogen and oxygen atoms in total.